The molecule has 0 bridgehead atoms. The van der Waals surface area contributed by atoms with Gasteiger partial charge in [0.25, 0.3) is 10.0 Å². The Morgan fingerprint density at radius 2 is 1.95 bits per heavy atom. The number of hydrogen-bond donors (Lipinski definition) is 2. The number of allylic oxidation sites excluding steroid dienone is 4. The van der Waals surface area contributed by atoms with E-state index in [0.717, 1.165) is 10.1 Å². The summed E-state index contributed by atoms with van der Waals surface area (Å²) in [5, 5.41) is 6.27. The molecule has 0 radical (unpaired) electrons. The van der Waals surface area contributed by atoms with E-state index in [1.165, 1.54) is 6.08 Å². The predicted octanol–water partition coefficient (Wildman–Crippen LogP) is 4.41. The molecule has 0 saturated heterocycles. The van der Waals surface area contributed by atoms with Gasteiger partial charge in [-0.1, -0.05) is 41.9 Å². The van der Waals surface area contributed by atoms with E-state index < -0.39 is 22.5 Å². The number of nitrogens with zero attached hydrogens (tertiary/aromatic N) is 1. The molecule has 1 heterocycles. The predicted molar refractivity (Wildman–Crippen MR) is 149 cm³/mol. The molecule has 1 unspecified atom stereocenters. The minimum Gasteiger partial charge on any atom is -0.497 e. The van der Waals surface area contributed by atoms with Crippen LogP contribution in [0.4, 0.5) is 5.69 Å². The van der Waals surface area contributed by atoms with Crippen LogP contribution in [0.5, 0.6) is 5.75 Å². The maximum absolute atomic E-state index is 13.8. The number of methoxy groups -OCH3 is 1. The molecule has 1 aliphatic heterocycles. The first kappa shape index (κ1) is 27.3. The number of ether oxygens (including phenoxy) is 2. The molecule has 200 valence electrons. The van der Waals surface area contributed by atoms with Crippen molar-refractivity contribution < 1.29 is 22.7 Å². The first-order chi connectivity index (χ1) is 18.3. The third-order valence-electron chi connectivity index (χ3n) is 6.20. The van der Waals surface area contributed by atoms with Gasteiger partial charge in [-0.2, -0.15) is 0 Å². The highest BCUT2D eigenvalue weighted by atomic mass is 35.5. The Morgan fingerprint density at radius 1 is 1.16 bits per heavy atom. The average molecular weight is 556 g/mol. The molecule has 1 atom stereocenters. The van der Waals surface area contributed by atoms with Gasteiger partial charge in [-0.05, 0) is 73.4 Å². The Labute approximate surface area is 228 Å². The highest BCUT2D eigenvalue weighted by Crippen LogP contribution is 2.31. The molecule has 8 nitrogen and oxygen atoms in total. The van der Waals surface area contributed by atoms with Gasteiger partial charge < -0.3 is 20.1 Å². The third kappa shape index (κ3) is 6.59. The fraction of sp³-hybridized carbons (Fsp3) is 0.250. The van der Waals surface area contributed by atoms with E-state index in [0.29, 0.717) is 40.9 Å². The zero-order valence-electron chi connectivity index (χ0n) is 21.2. The number of dihydropyridines is 1. The summed E-state index contributed by atoms with van der Waals surface area (Å²) in [7, 11) is -2.48. The second-order valence-electron chi connectivity index (χ2n) is 8.80. The SMILES string of the molecule is COC1=CCC(CNC(=O)CN(c2cccc(Cl)c2C)S(=O)(=O)C2=CC=C(Oc3ccccc3)NC2)C=C1. The second kappa shape index (κ2) is 12.2. The number of para-hydroxylation sites is 1. The van der Waals surface area contributed by atoms with E-state index in [-0.39, 0.29) is 17.4 Å². The van der Waals surface area contributed by atoms with Crippen molar-refractivity contribution in [1.82, 2.24) is 10.6 Å². The number of benzene rings is 2. The van der Waals surface area contributed by atoms with E-state index in [1.54, 1.807) is 50.4 Å². The normalized spacial score (nSPS) is 16.9. The zero-order valence-corrected chi connectivity index (χ0v) is 22.8. The van der Waals surface area contributed by atoms with Crippen LogP contribution in [-0.2, 0) is 19.6 Å². The summed E-state index contributed by atoms with van der Waals surface area (Å²) in [4.78, 5) is 13.1. The lowest BCUT2D eigenvalue weighted by Gasteiger charge is -2.28. The smallest absolute Gasteiger partial charge is 0.262 e. The number of halogens is 1. The Balaban J connectivity index is 1.53. The summed E-state index contributed by atoms with van der Waals surface area (Å²) in [5.74, 6) is 1.50. The van der Waals surface area contributed by atoms with Gasteiger partial charge in [0.1, 0.15) is 18.1 Å². The Kier molecular flexibility index (Phi) is 8.81. The van der Waals surface area contributed by atoms with Crippen molar-refractivity contribution in [3.8, 4) is 5.75 Å². The molecule has 4 rings (SSSR count). The lowest BCUT2D eigenvalue weighted by Crippen LogP contribution is -2.44. The Bertz CT molecular complexity index is 1400. The average Bonchev–Trinajstić information content (AvgIpc) is 2.93. The van der Waals surface area contributed by atoms with Crippen LogP contribution < -0.4 is 19.7 Å². The summed E-state index contributed by atoms with van der Waals surface area (Å²) in [6.07, 6.45) is 9.54. The molecule has 1 aliphatic carbocycles. The van der Waals surface area contributed by atoms with Gasteiger partial charge in [0, 0.05) is 11.6 Å². The minimum absolute atomic E-state index is 0.000229. The van der Waals surface area contributed by atoms with E-state index in [9.17, 15) is 13.2 Å². The molecule has 1 amide bonds. The van der Waals surface area contributed by atoms with E-state index >= 15 is 0 Å². The molecule has 0 saturated carbocycles. The molecule has 2 aromatic carbocycles. The summed E-state index contributed by atoms with van der Waals surface area (Å²) in [6.45, 7) is 1.70. The van der Waals surface area contributed by atoms with E-state index in [1.807, 2.05) is 36.4 Å². The maximum Gasteiger partial charge on any atom is 0.262 e. The zero-order chi connectivity index (χ0) is 27.1. The van der Waals surface area contributed by atoms with Gasteiger partial charge in [0.15, 0.2) is 5.88 Å². The van der Waals surface area contributed by atoms with Crippen LogP contribution >= 0.6 is 11.6 Å². The topological polar surface area (TPSA) is 97.0 Å². The van der Waals surface area contributed by atoms with Gasteiger partial charge in [0.2, 0.25) is 5.91 Å². The van der Waals surface area contributed by atoms with Crippen LogP contribution in [0.1, 0.15) is 12.0 Å². The number of anilines is 1. The molecule has 2 N–H and O–H groups in total. The fourth-order valence-electron chi connectivity index (χ4n) is 4.01. The Morgan fingerprint density at radius 3 is 2.61 bits per heavy atom. The molecular formula is C28H30ClN3O5S. The van der Waals surface area contributed by atoms with Gasteiger partial charge in [0.05, 0.1) is 24.2 Å². The highest BCUT2D eigenvalue weighted by molar-refractivity contribution is 7.96. The molecule has 0 spiro atoms. The second-order valence-corrected chi connectivity index (χ2v) is 11.1. The van der Waals surface area contributed by atoms with Crippen LogP contribution in [0, 0.1) is 12.8 Å². The maximum atomic E-state index is 13.8. The number of carbonyl (C=O) groups excluding carboxylic acids is 1. The lowest BCUT2D eigenvalue weighted by atomic mass is 10.00. The van der Waals surface area contributed by atoms with Crippen molar-refractivity contribution in [2.75, 3.05) is 31.0 Å². The molecule has 38 heavy (non-hydrogen) atoms. The number of carbonyl (C=O) groups is 1. The first-order valence-corrected chi connectivity index (χ1v) is 13.9. The van der Waals surface area contributed by atoms with Crippen molar-refractivity contribution in [2.45, 2.75) is 13.3 Å². The summed E-state index contributed by atoms with van der Waals surface area (Å²) >= 11 is 6.31. The minimum atomic E-state index is -4.09. The molecule has 2 aromatic rings. The summed E-state index contributed by atoms with van der Waals surface area (Å²) < 4.78 is 39.7. The summed E-state index contributed by atoms with van der Waals surface area (Å²) in [6, 6.07) is 14.2. The quantitative estimate of drug-likeness (QED) is 0.451. The van der Waals surface area contributed by atoms with Crippen molar-refractivity contribution in [2.24, 2.45) is 5.92 Å². The highest BCUT2D eigenvalue weighted by Gasteiger charge is 2.31. The van der Waals surface area contributed by atoms with Crippen LogP contribution in [0.25, 0.3) is 0 Å². The molecule has 0 aromatic heterocycles. The monoisotopic (exact) mass is 555 g/mol. The standard InChI is InChI=1S/C28H30ClN3O5S/c1-20-25(29)9-6-10-26(20)32(19-27(33)30-17-21-11-13-22(36-2)14-12-21)38(34,35)24-15-16-28(31-18-24)37-23-7-4-3-5-8-23/h3-11,13-16,21,31H,12,17-19H2,1-2H3,(H,30,33). The molecule has 0 fully saturated rings. The molecule has 10 heteroatoms. The first-order valence-electron chi connectivity index (χ1n) is 12.1. The van der Waals surface area contributed by atoms with Crippen LogP contribution in [0.3, 0.4) is 0 Å². The van der Waals surface area contributed by atoms with Crippen molar-refractivity contribution >= 4 is 33.2 Å². The number of sulfonamides is 1. The largest absolute Gasteiger partial charge is 0.497 e. The van der Waals surface area contributed by atoms with Crippen LogP contribution in [0.15, 0.2) is 95.5 Å². The fourth-order valence-corrected chi connectivity index (χ4v) is 5.70. The lowest BCUT2D eigenvalue weighted by molar-refractivity contribution is -0.119. The summed E-state index contributed by atoms with van der Waals surface area (Å²) in [5.41, 5.74) is 0.903. The van der Waals surface area contributed by atoms with E-state index in [2.05, 4.69) is 10.6 Å². The van der Waals surface area contributed by atoms with Gasteiger partial charge in [-0.15, -0.1) is 0 Å². The third-order valence-corrected chi connectivity index (χ3v) is 8.46. The number of rotatable bonds is 10. The van der Waals surface area contributed by atoms with Crippen molar-refractivity contribution in [3.63, 3.8) is 0 Å². The number of nitrogens with one attached hydrogen (secondary N) is 2. The van der Waals surface area contributed by atoms with Crippen LogP contribution in [-0.4, -0.2) is 41.1 Å². The van der Waals surface area contributed by atoms with Crippen molar-refractivity contribution in [3.05, 3.63) is 106 Å². The molecule has 2 aliphatic rings. The van der Waals surface area contributed by atoms with Crippen molar-refractivity contribution in [1.29, 1.82) is 0 Å². The number of amides is 1. The molecular weight excluding hydrogens is 526 g/mol. The van der Waals surface area contributed by atoms with Crippen LogP contribution in [0.2, 0.25) is 5.02 Å². The van der Waals surface area contributed by atoms with Gasteiger partial charge in [-0.25, -0.2) is 8.42 Å². The van der Waals surface area contributed by atoms with Gasteiger partial charge in [-0.3, -0.25) is 9.10 Å². The number of hydrogen-bond acceptors (Lipinski definition) is 6. The Hall–Kier alpha value is -3.69. The van der Waals surface area contributed by atoms with E-state index in [4.69, 9.17) is 21.1 Å². The van der Waals surface area contributed by atoms with Gasteiger partial charge >= 0.3 is 0 Å².